The molecule has 0 spiro atoms. The second kappa shape index (κ2) is 3.62. The molecule has 1 heteroatoms. The average Bonchev–Trinajstić information content (AvgIpc) is 2.23. The molecule has 0 saturated heterocycles. The van der Waals surface area contributed by atoms with Gasteiger partial charge >= 0.3 is 0 Å². The van der Waals surface area contributed by atoms with Gasteiger partial charge in [0, 0.05) is 18.8 Å². The molecule has 0 aliphatic carbocycles. The largest absolute Gasteiger partial charge is 0.296 e. The molecule has 0 atom stereocenters. The van der Waals surface area contributed by atoms with E-state index in [1.807, 2.05) is 6.21 Å². The molecule has 2 aromatic carbocycles. The van der Waals surface area contributed by atoms with Gasteiger partial charge < -0.3 is 0 Å². The molecule has 0 fully saturated rings. The first-order valence-corrected chi connectivity index (χ1v) is 4.73. The Hall–Kier alpha value is -1.63. The maximum absolute atomic E-state index is 4.09. The molecule has 1 nitrogen and oxygen atoms in total. The molecule has 0 radical (unpaired) electrons. The number of rotatable bonds is 1. The molecule has 70 valence electrons. The first kappa shape index (κ1) is 8.95. The molecule has 0 amide bonds. The number of aliphatic imine (C=N–C) groups is 1. The quantitative estimate of drug-likeness (QED) is 0.602. The highest BCUT2D eigenvalue weighted by molar-refractivity contribution is 6.01. The van der Waals surface area contributed by atoms with Crippen LogP contribution in [-0.4, -0.2) is 13.3 Å². The summed E-state index contributed by atoms with van der Waals surface area (Å²) < 4.78 is 0. The Kier molecular flexibility index (Phi) is 2.32. The van der Waals surface area contributed by atoms with Crippen molar-refractivity contribution in [3.8, 4) is 0 Å². The van der Waals surface area contributed by atoms with Crippen LogP contribution in [0.3, 0.4) is 0 Å². The Morgan fingerprint density at radius 3 is 2.64 bits per heavy atom. The fourth-order valence-corrected chi connectivity index (χ4v) is 1.71. The lowest BCUT2D eigenvalue weighted by Gasteiger charge is -2.04. The van der Waals surface area contributed by atoms with E-state index < -0.39 is 0 Å². The van der Waals surface area contributed by atoms with Gasteiger partial charge in [-0.25, -0.2) is 0 Å². The van der Waals surface area contributed by atoms with E-state index in [9.17, 15) is 0 Å². The molecular formula is C13H13N. The number of hydrogen-bond donors (Lipinski definition) is 0. The summed E-state index contributed by atoms with van der Waals surface area (Å²) >= 11 is 0. The van der Waals surface area contributed by atoms with Gasteiger partial charge in [-0.2, -0.15) is 0 Å². The number of nitrogens with zero attached hydrogens (tertiary/aromatic N) is 1. The van der Waals surface area contributed by atoms with Crippen LogP contribution in [0.2, 0.25) is 0 Å². The van der Waals surface area contributed by atoms with Crippen molar-refractivity contribution in [2.24, 2.45) is 4.99 Å². The van der Waals surface area contributed by atoms with Crippen molar-refractivity contribution in [3.63, 3.8) is 0 Å². The highest BCUT2D eigenvalue weighted by atomic mass is 14.6. The summed E-state index contributed by atoms with van der Waals surface area (Å²) in [6.45, 7) is 2.11. The van der Waals surface area contributed by atoms with Gasteiger partial charge in [-0.1, -0.05) is 36.4 Å². The van der Waals surface area contributed by atoms with Crippen molar-refractivity contribution >= 4 is 17.0 Å². The van der Waals surface area contributed by atoms with Crippen LogP contribution in [-0.2, 0) is 0 Å². The van der Waals surface area contributed by atoms with Gasteiger partial charge in [-0.05, 0) is 23.3 Å². The van der Waals surface area contributed by atoms with Crippen LogP contribution in [0.1, 0.15) is 11.1 Å². The zero-order valence-electron chi connectivity index (χ0n) is 8.49. The molecule has 0 unspecified atom stereocenters. The van der Waals surface area contributed by atoms with Crippen LogP contribution < -0.4 is 0 Å². The van der Waals surface area contributed by atoms with Crippen LogP contribution in [0.15, 0.2) is 41.4 Å². The second-order valence-corrected chi connectivity index (χ2v) is 3.40. The van der Waals surface area contributed by atoms with E-state index in [1.165, 1.54) is 21.9 Å². The summed E-state index contributed by atoms with van der Waals surface area (Å²) in [5.41, 5.74) is 2.50. The van der Waals surface area contributed by atoms with Gasteiger partial charge in [-0.3, -0.25) is 4.99 Å². The molecule has 0 aromatic heterocycles. The minimum absolute atomic E-state index is 1.23. The number of hydrogen-bond acceptors (Lipinski definition) is 1. The highest BCUT2D eigenvalue weighted by Gasteiger charge is 2.00. The van der Waals surface area contributed by atoms with Crippen LogP contribution in [0.4, 0.5) is 0 Å². The molecule has 0 saturated carbocycles. The number of fused-ring (bicyclic) bond motifs is 1. The standard InChI is InChI=1S/C13H13N/c1-10-7-8-11-5-3-4-6-12(11)13(10)9-14-2/h3-9H,1-2H3. The average molecular weight is 183 g/mol. The molecule has 2 aromatic rings. The molecule has 0 bridgehead atoms. The summed E-state index contributed by atoms with van der Waals surface area (Å²) in [6, 6.07) is 12.7. The van der Waals surface area contributed by atoms with Gasteiger partial charge in [0.15, 0.2) is 0 Å². The Morgan fingerprint density at radius 1 is 1.07 bits per heavy atom. The lowest BCUT2D eigenvalue weighted by Crippen LogP contribution is -1.88. The zero-order valence-corrected chi connectivity index (χ0v) is 8.49. The highest BCUT2D eigenvalue weighted by Crippen LogP contribution is 2.20. The van der Waals surface area contributed by atoms with Crippen molar-refractivity contribution in [3.05, 3.63) is 47.5 Å². The number of aryl methyl sites for hydroxylation is 1. The summed E-state index contributed by atoms with van der Waals surface area (Å²) in [4.78, 5) is 4.09. The minimum Gasteiger partial charge on any atom is -0.296 e. The lowest BCUT2D eigenvalue weighted by molar-refractivity contribution is 1.43. The molecule has 0 aliphatic heterocycles. The van der Waals surface area contributed by atoms with Crippen LogP contribution in [0.5, 0.6) is 0 Å². The normalized spacial score (nSPS) is 11.3. The maximum Gasteiger partial charge on any atom is 0.0290 e. The third kappa shape index (κ3) is 1.41. The van der Waals surface area contributed by atoms with Crippen molar-refractivity contribution < 1.29 is 0 Å². The van der Waals surface area contributed by atoms with Crippen LogP contribution in [0.25, 0.3) is 10.8 Å². The Balaban J connectivity index is 2.82. The topological polar surface area (TPSA) is 12.4 Å². The van der Waals surface area contributed by atoms with Crippen LogP contribution >= 0.6 is 0 Å². The van der Waals surface area contributed by atoms with E-state index in [4.69, 9.17) is 0 Å². The van der Waals surface area contributed by atoms with E-state index in [0.29, 0.717) is 0 Å². The fraction of sp³-hybridized carbons (Fsp3) is 0.154. The fourth-order valence-electron chi connectivity index (χ4n) is 1.71. The summed E-state index contributed by atoms with van der Waals surface area (Å²) in [5.74, 6) is 0. The monoisotopic (exact) mass is 183 g/mol. The second-order valence-electron chi connectivity index (χ2n) is 3.40. The Labute approximate surface area is 84.1 Å². The van der Waals surface area contributed by atoms with Gasteiger partial charge in [0.25, 0.3) is 0 Å². The molecule has 0 aliphatic rings. The number of benzene rings is 2. The molecular weight excluding hydrogens is 170 g/mol. The SMILES string of the molecule is CN=Cc1c(C)ccc2ccccc12. The van der Waals surface area contributed by atoms with E-state index in [2.05, 4.69) is 48.3 Å². The van der Waals surface area contributed by atoms with Gasteiger partial charge in [-0.15, -0.1) is 0 Å². The van der Waals surface area contributed by atoms with Crippen LogP contribution in [0, 0.1) is 6.92 Å². The third-order valence-corrected chi connectivity index (χ3v) is 2.45. The van der Waals surface area contributed by atoms with Gasteiger partial charge in [0.2, 0.25) is 0 Å². The molecule has 14 heavy (non-hydrogen) atoms. The lowest BCUT2D eigenvalue weighted by atomic mass is 10.0. The van der Waals surface area contributed by atoms with E-state index >= 15 is 0 Å². The van der Waals surface area contributed by atoms with Crippen molar-refractivity contribution in [1.82, 2.24) is 0 Å². The Morgan fingerprint density at radius 2 is 1.86 bits per heavy atom. The minimum atomic E-state index is 1.23. The van der Waals surface area contributed by atoms with Crippen molar-refractivity contribution in [2.45, 2.75) is 6.92 Å². The molecule has 0 heterocycles. The Bertz CT molecular complexity index is 484. The molecule has 2 rings (SSSR count). The van der Waals surface area contributed by atoms with Gasteiger partial charge in [0.05, 0.1) is 0 Å². The first-order valence-electron chi connectivity index (χ1n) is 4.73. The zero-order chi connectivity index (χ0) is 9.97. The van der Waals surface area contributed by atoms with Crippen molar-refractivity contribution in [1.29, 1.82) is 0 Å². The first-order chi connectivity index (χ1) is 6.83. The molecule has 0 N–H and O–H groups in total. The van der Waals surface area contributed by atoms with Crippen molar-refractivity contribution in [2.75, 3.05) is 7.05 Å². The summed E-state index contributed by atoms with van der Waals surface area (Å²) in [5, 5.41) is 2.55. The predicted molar refractivity (Wildman–Crippen MR) is 62.2 cm³/mol. The van der Waals surface area contributed by atoms with Gasteiger partial charge in [0.1, 0.15) is 0 Å². The summed E-state index contributed by atoms with van der Waals surface area (Å²) in [7, 11) is 1.81. The summed E-state index contributed by atoms with van der Waals surface area (Å²) in [6.07, 6.45) is 1.93. The third-order valence-electron chi connectivity index (χ3n) is 2.45. The smallest absolute Gasteiger partial charge is 0.0290 e. The van der Waals surface area contributed by atoms with E-state index in [-0.39, 0.29) is 0 Å². The maximum atomic E-state index is 4.09. The predicted octanol–water partition coefficient (Wildman–Crippen LogP) is 3.20. The van der Waals surface area contributed by atoms with E-state index in [1.54, 1.807) is 7.05 Å². The van der Waals surface area contributed by atoms with E-state index in [0.717, 1.165) is 0 Å².